The average molecular weight is 348 g/mol. The van der Waals surface area contributed by atoms with Gasteiger partial charge in [0, 0.05) is 20.1 Å². The van der Waals surface area contributed by atoms with E-state index in [1.54, 1.807) is 11.9 Å². The Bertz CT molecular complexity index is 552. The van der Waals surface area contributed by atoms with E-state index >= 15 is 0 Å². The fraction of sp³-hybridized carbons (Fsp3) is 0.579. The molecule has 1 aromatic carbocycles. The number of hydrogen-bond acceptors (Lipinski definition) is 3. The number of amides is 1. The van der Waals surface area contributed by atoms with Crippen molar-refractivity contribution in [2.24, 2.45) is 4.99 Å². The van der Waals surface area contributed by atoms with Crippen LogP contribution in [0.2, 0.25) is 0 Å². The van der Waals surface area contributed by atoms with Gasteiger partial charge in [0.05, 0.1) is 12.6 Å². The van der Waals surface area contributed by atoms with Crippen molar-refractivity contribution in [1.29, 1.82) is 0 Å². The van der Waals surface area contributed by atoms with Crippen LogP contribution in [0.3, 0.4) is 0 Å². The first kappa shape index (κ1) is 20.8. The molecule has 1 unspecified atom stereocenters. The Morgan fingerprint density at radius 3 is 2.48 bits per heavy atom. The molecule has 0 aliphatic carbocycles. The van der Waals surface area contributed by atoms with E-state index in [1.807, 2.05) is 45.9 Å². The first-order valence-electron chi connectivity index (χ1n) is 8.77. The number of nitrogens with one attached hydrogen (secondary N) is 2. The van der Waals surface area contributed by atoms with Crippen LogP contribution in [0.5, 0.6) is 0 Å². The van der Waals surface area contributed by atoms with E-state index in [0.717, 1.165) is 12.5 Å². The molecular formula is C19H32N4O2. The fourth-order valence-corrected chi connectivity index (χ4v) is 2.09. The maximum atomic E-state index is 11.9. The van der Waals surface area contributed by atoms with Crippen molar-refractivity contribution in [3.63, 3.8) is 0 Å². The second-order valence-corrected chi connectivity index (χ2v) is 6.94. The fourth-order valence-electron chi connectivity index (χ4n) is 2.09. The lowest BCUT2D eigenvalue weighted by molar-refractivity contribution is 0.0304. The number of carbonyl (C=O) groups is 1. The highest BCUT2D eigenvalue weighted by Crippen LogP contribution is 2.11. The van der Waals surface area contributed by atoms with Crippen molar-refractivity contribution < 1.29 is 9.53 Å². The summed E-state index contributed by atoms with van der Waals surface area (Å²) in [6, 6.07) is 10.3. The van der Waals surface area contributed by atoms with Gasteiger partial charge in [-0.15, -0.1) is 0 Å². The maximum Gasteiger partial charge on any atom is 0.410 e. The Hall–Kier alpha value is -2.24. The van der Waals surface area contributed by atoms with Gasteiger partial charge in [0.15, 0.2) is 5.96 Å². The summed E-state index contributed by atoms with van der Waals surface area (Å²) in [5, 5.41) is 6.61. The van der Waals surface area contributed by atoms with Gasteiger partial charge in [0.1, 0.15) is 5.60 Å². The molecule has 6 nitrogen and oxygen atoms in total. The van der Waals surface area contributed by atoms with E-state index in [-0.39, 0.29) is 12.1 Å². The minimum absolute atomic E-state index is 0.141. The third-order valence-corrected chi connectivity index (χ3v) is 3.41. The summed E-state index contributed by atoms with van der Waals surface area (Å²) in [6.45, 7) is 11.4. The lowest BCUT2D eigenvalue weighted by Gasteiger charge is -2.24. The number of guanidine groups is 1. The molecule has 0 spiro atoms. The van der Waals surface area contributed by atoms with Gasteiger partial charge in [-0.1, -0.05) is 30.3 Å². The van der Waals surface area contributed by atoms with Crippen molar-refractivity contribution in [2.45, 2.75) is 46.3 Å². The molecule has 0 aliphatic heterocycles. The molecule has 0 heterocycles. The molecule has 1 amide bonds. The van der Waals surface area contributed by atoms with Crippen LogP contribution in [-0.4, -0.2) is 49.2 Å². The third-order valence-electron chi connectivity index (χ3n) is 3.41. The molecule has 1 atom stereocenters. The molecule has 0 saturated heterocycles. The Morgan fingerprint density at radius 1 is 1.28 bits per heavy atom. The molecule has 25 heavy (non-hydrogen) atoms. The van der Waals surface area contributed by atoms with E-state index in [0.29, 0.717) is 13.1 Å². The minimum Gasteiger partial charge on any atom is -0.444 e. The van der Waals surface area contributed by atoms with E-state index < -0.39 is 5.60 Å². The van der Waals surface area contributed by atoms with E-state index in [9.17, 15) is 4.79 Å². The Labute approximate surface area is 151 Å². The first-order chi connectivity index (χ1) is 11.7. The summed E-state index contributed by atoms with van der Waals surface area (Å²) in [5.74, 6) is 0.733. The summed E-state index contributed by atoms with van der Waals surface area (Å²) < 4.78 is 5.33. The zero-order chi connectivity index (χ0) is 18.9. The molecule has 0 aliphatic rings. The van der Waals surface area contributed by atoms with Crippen LogP contribution in [0, 0.1) is 0 Å². The number of aliphatic imine (C=N–C) groups is 1. The van der Waals surface area contributed by atoms with Gasteiger partial charge < -0.3 is 20.3 Å². The zero-order valence-electron chi connectivity index (χ0n) is 16.3. The molecule has 6 heteroatoms. The number of ether oxygens (including phenoxy) is 1. The summed E-state index contributed by atoms with van der Waals surface area (Å²) >= 11 is 0. The predicted octanol–water partition coefficient (Wildman–Crippen LogP) is 3.17. The monoisotopic (exact) mass is 348 g/mol. The Balaban J connectivity index is 2.56. The van der Waals surface area contributed by atoms with Crippen LogP contribution < -0.4 is 10.6 Å². The van der Waals surface area contributed by atoms with Crippen LogP contribution in [-0.2, 0) is 4.74 Å². The normalized spacial score (nSPS) is 13.1. The molecule has 0 fully saturated rings. The predicted molar refractivity (Wildman–Crippen MR) is 103 cm³/mol. The largest absolute Gasteiger partial charge is 0.444 e. The summed E-state index contributed by atoms with van der Waals surface area (Å²) in [5.41, 5.74) is 0.704. The highest BCUT2D eigenvalue weighted by Gasteiger charge is 2.19. The van der Waals surface area contributed by atoms with E-state index in [1.165, 1.54) is 5.56 Å². The van der Waals surface area contributed by atoms with E-state index in [2.05, 4.69) is 34.7 Å². The van der Waals surface area contributed by atoms with Gasteiger partial charge in [-0.25, -0.2) is 4.79 Å². The van der Waals surface area contributed by atoms with Gasteiger partial charge in [-0.3, -0.25) is 4.99 Å². The smallest absolute Gasteiger partial charge is 0.410 e. The van der Waals surface area contributed by atoms with Crippen molar-refractivity contribution in [3.8, 4) is 0 Å². The van der Waals surface area contributed by atoms with Crippen LogP contribution in [0.15, 0.2) is 35.3 Å². The summed E-state index contributed by atoms with van der Waals surface area (Å²) in [7, 11) is 1.72. The zero-order valence-corrected chi connectivity index (χ0v) is 16.3. The molecule has 0 saturated carbocycles. The van der Waals surface area contributed by atoms with Gasteiger partial charge in [0.25, 0.3) is 0 Å². The van der Waals surface area contributed by atoms with Crippen molar-refractivity contribution in [3.05, 3.63) is 35.9 Å². The molecule has 2 N–H and O–H groups in total. The maximum absolute atomic E-state index is 11.9. The van der Waals surface area contributed by atoms with Crippen LogP contribution >= 0.6 is 0 Å². The Morgan fingerprint density at radius 2 is 1.92 bits per heavy atom. The molecule has 140 valence electrons. The lowest BCUT2D eigenvalue weighted by atomic mass is 10.1. The van der Waals surface area contributed by atoms with Gasteiger partial charge in [0.2, 0.25) is 0 Å². The number of benzene rings is 1. The third kappa shape index (κ3) is 8.42. The summed E-state index contributed by atoms with van der Waals surface area (Å²) in [4.78, 5) is 18.0. The number of carbonyl (C=O) groups excluding carboxylic acids is 1. The summed E-state index contributed by atoms with van der Waals surface area (Å²) in [6.07, 6.45) is -0.335. The van der Waals surface area contributed by atoms with Crippen molar-refractivity contribution >= 4 is 12.1 Å². The highest BCUT2D eigenvalue weighted by atomic mass is 16.6. The minimum atomic E-state index is -0.490. The van der Waals surface area contributed by atoms with Gasteiger partial charge in [-0.2, -0.15) is 0 Å². The molecule has 0 bridgehead atoms. The van der Waals surface area contributed by atoms with Crippen LogP contribution in [0.1, 0.15) is 46.2 Å². The second-order valence-electron chi connectivity index (χ2n) is 6.94. The second kappa shape index (κ2) is 9.91. The first-order valence-corrected chi connectivity index (χ1v) is 8.77. The molecule has 0 radical (unpaired) electrons. The van der Waals surface area contributed by atoms with Crippen LogP contribution in [0.25, 0.3) is 0 Å². The number of likely N-dealkylation sites (N-methyl/N-ethyl adjacent to an activating group) is 1. The number of rotatable bonds is 6. The Kier molecular flexibility index (Phi) is 8.25. The van der Waals surface area contributed by atoms with Crippen molar-refractivity contribution in [1.82, 2.24) is 15.5 Å². The molecule has 0 aromatic heterocycles. The molecule has 1 aromatic rings. The standard InChI is InChI=1S/C19H32N4O2/c1-7-20-17(22-15(2)16-11-9-8-10-12-16)21-13-14-23(6)18(24)25-19(3,4)5/h8-12,15H,7,13-14H2,1-6H3,(H2,20,21,22). The average Bonchev–Trinajstić information content (AvgIpc) is 2.54. The van der Waals surface area contributed by atoms with E-state index in [4.69, 9.17) is 4.74 Å². The van der Waals surface area contributed by atoms with Crippen LogP contribution in [0.4, 0.5) is 4.79 Å². The molecular weight excluding hydrogens is 316 g/mol. The van der Waals surface area contributed by atoms with Gasteiger partial charge in [-0.05, 0) is 40.2 Å². The highest BCUT2D eigenvalue weighted by molar-refractivity contribution is 5.80. The quantitative estimate of drug-likeness (QED) is 0.612. The van der Waals surface area contributed by atoms with Gasteiger partial charge >= 0.3 is 6.09 Å². The topological polar surface area (TPSA) is 66.0 Å². The SMILES string of the molecule is CCNC(=NCCN(C)C(=O)OC(C)(C)C)NC(C)c1ccccc1. The number of nitrogens with zero attached hydrogens (tertiary/aromatic N) is 2. The molecule has 1 rings (SSSR count). The van der Waals surface area contributed by atoms with Crippen molar-refractivity contribution in [2.75, 3.05) is 26.7 Å². The lowest BCUT2D eigenvalue weighted by Crippen LogP contribution is -2.40. The number of hydrogen-bond donors (Lipinski definition) is 2.